The molecule has 0 saturated heterocycles. The Labute approximate surface area is 200 Å². The second-order valence-electron chi connectivity index (χ2n) is 8.58. The van der Waals surface area contributed by atoms with Crippen LogP contribution in [-0.2, 0) is 17.1 Å². The van der Waals surface area contributed by atoms with Gasteiger partial charge < -0.3 is 9.88 Å². The first kappa shape index (κ1) is 23.0. The van der Waals surface area contributed by atoms with E-state index in [4.69, 9.17) is 0 Å². The molecule has 2 heterocycles. The Hall–Kier alpha value is -3.73. The van der Waals surface area contributed by atoms with Crippen LogP contribution in [0, 0.1) is 11.6 Å². The third-order valence-electron chi connectivity index (χ3n) is 5.95. The zero-order valence-electron chi connectivity index (χ0n) is 19.0. The van der Waals surface area contributed by atoms with Crippen molar-refractivity contribution in [3.8, 4) is 11.1 Å². The largest absolute Gasteiger partial charge is 0.353 e. The van der Waals surface area contributed by atoms with Gasteiger partial charge in [0.2, 0.25) is 10.0 Å². The summed E-state index contributed by atoms with van der Waals surface area (Å²) < 4.78 is 58.0. The maximum atomic E-state index is 14.4. The average molecular weight is 500 g/mol. The third kappa shape index (κ3) is 4.51. The van der Waals surface area contributed by atoms with Crippen LogP contribution in [0.3, 0.4) is 0 Å². The molecule has 2 aromatic heterocycles. The van der Waals surface area contributed by atoms with E-state index in [0.717, 1.165) is 25.0 Å². The van der Waals surface area contributed by atoms with Crippen molar-refractivity contribution >= 4 is 38.0 Å². The number of pyridine rings is 1. The molecule has 0 spiro atoms. The smallest absolute Gasteiger partial charge is 0.261 e. The predicted molar refractivity (Wildman–Crippen MR) is 131 cm³/mol. The fourth-order valence-corrected chi connectivity index (χ4v) is 4.53. The summed E-state index contributed by atoms with van der Waals surface area (Å²) in [6, 6.07) is 8.17. The summed E-state index contributed by atoms with van der Waals surface area (Å²) in [5.74, 6) is -1.60. The van der Waals surface area contributed by atoms with Crippen LogP contribution < -0.4 is 15.6 Å². The fraction of sp³-hybridized carbons (Fsp3) is 0.250. The van der Waals surface area contributed by atoms with E-state index in [1.165, 1.54) is 17.6 Å². The number of aromatic nitrogens is 3. The number of aryl methyl sites for hydroxylation is 1. The van der Waals surface area contributed by atoms with Crippen LogP contribution in [0.5, 0.6) is 0 Å². The standard InChI is InChI=1S/C24H23F2N5O3S/c1-3-35(33,34)29-15-5-9-21(27-22-8-4-14(25)10-20(22)26)17(11-15)18-12-30(2)24(32)19-13-31(16-6-7-16)28-23(18)19/h4-5,8-13,16,27,29H,3,6-7H2,1-2H3. The summed E-state index contributed by atoms with van der Waals surface area (Å²) in [6.45, 7) is 1.53. The molecule has 182 valence electrons. The lowest BCUT2D eigenvalue weighted by atomic mass is 10.0. The lowest BCUT2D eigenvalue weighted by molar-refractivity contribution is 0.586. The number of benzene rings is 2. The van der Waals surface area contributed by atoms with E-state index in [0.29, 0.717) is 33.4 Å². The van der Waals surface area contributed by atoms with Crippen LogP contribution in [0.25, 0.3) is 22.0 Å². The summed E-state index contributed by atoms with van der Waals surface area (Å²) in [5, 5.41) is 8.06. The Balaban J connectivity index is 1.71. The summed E-state index contributed by atoms with van der Waals surface area (Å²) in [6.07, 6.45) is 5.31. The molecule has 1 fully saturated rings. The van der Waals surface area contributed by atoms with E-state index < -0.39 is 21.7 Å². The van der Waals surface area contributed by atoms with Crippen molar-refractivity contribution < 1.29 is 17.2 Å². The molecule has 0 unspecified atom stereocenters. The van der Waals surface area contributed by atoms with Gasteiger partial charge in [-0.1, -0.05) is 0 Å². The highest BCUT2D eigenvalue weighted by Crippen LogP contribution is 2.39. The molecule has 35 heavy (non-hydrogen) atoms. The zero-order valence-corrected chi connectivity index (χ0v) is 19.9. The van der Waals surface area contributed by atoms with Crippen LogP contribution in [0.2, 0.25) is 0 Å². The van der Waals surface area contributed by atoms with Crippen LogP contribution in [-0.4, -0.2) is 28.5 Å². The van der Waals surface area contributed by atoms with E-state index in [9.17, 15) is 22.0 Å². The Kier molecular flexibility index (Phi) is 5.59. The topological polar surface area (TPSA) is 98.0 Å². The Morgan fingerprint density at radius 2 is 1.80 bits per heavy atom. The van der Waals surface area contributed by atoms with Gasteiger partial charge in [0.1, 0.15) is 17.2 Å². The first-order valence-corrected chi connectivity index (χ1v) is 12.8. The number of anilines is 3. The first-order chi connectivity index (χ1) is 16.6. The molecule has 5 rings (SSSR count). The highest BCUT2D eigenvalue weighted by Gasteiger charge is 2.26. The number of nitrogens with zero attached hydrogens (tertiary/aromatic N) is 3. The molecule has 0 amide bonds. The molecule has 1 aliphatic carbocycles. The number of halogens is 2. The van der Waals surface area contributed by atoms with Crippen molar-refractivity contribution in [1.29, 1.82) is 0 Å². The zero-order chi connectivity index (χ0) is 24.9. The van der Waals surface area contributed by atoms with Gasteiger partial charge in [-0.2, -0.15) is 5.10 Å². The van der Waals surface area contributed by atoms with Gasteiger partial charge in [0.05, 0.1) is 22.9 Å². The fourth-order valence-electron chi connectivity index (χ4n) is 3.90. The third-order valence-corrected chi connectivity index (χ3v) is 7.25. The van der Waals surface area contributed by atoms with Gasteiger partial charge in [0.25, 0.3) is 5.56 Å². The molecule has 0 atom stereocenters. The molecule has 2 N–H and O–H groups in total. The number of fused-ring (bicyclic) bond motifs is 1. The molecule has 0 radical (unpaired) electrons. The van der Waals surface area contributed by atoms with Crippen LogP contribution in [0.15, 0.2) is 53.6 Å². The van der Waals surface area contributed by atoms with E-state index >= 15 is 0 Å². The Bertz CT molecular complexity index is 1620. The number of hydrogen-bond acceptors (Lipinski definition) is 5. The first-order valence-electron chi connectivity index (χ1n) is 11.1. The van der Waals surface area contributed by atoms with Crippen LogP contribution in [0.1, 0.15) is 25.8 Å². The van der Waals surface area contributed by atoms with Crippen molar-refractivity contribution in [3.63, 3.8) is 0 Å². The summed E-state index contributed by atoms with van der Waals surface area (Å²) in [7, 11) is -1.94. The summed E-state index contributed by atoms with van der Waals surface area (Å²) in [4.78, 5) is 12.8. The van der Waals surface area contributed by atoms with E-state index in [-0.39, 0.29) is 23.0 Å². The molecule has 11 heteroatoms. The number of nitrogens with one attached hydrogen (secondary N) is 2. The van der Waals surface area contributed by atoms with E-state index in [1.54, 1.807) is 42.3 Å². The molecule has 1 saturated carbocycles. The van der Waals surface area contributed by atoms with Crippen molar-refractivity contribution in [2.75, 3.05) is 15.8 Å². The second-order valence-corrected chi connectivity index (χ2v) is 10.6. The van der Waals surface area contributed by atoms with Gasteiger partial charge in [0.15, 0.2) is 0 Å². The number of sulfonamides is 1. The maximum Gasteiger partial charge on any atom is 0.261 e. The van der Waals surface area contributed by atoms with Crippen molar-refractivity contribution in [1.82, 2.24) is 14.3 Å². The predicted octanol–water partition coefficient (Wildman–Crippen LogP) is 4.52. The van der Waals surface area contributed by atoms with Gasteiger partial charge in [0, 0.05) is 48.0 Å². The average Bonchev–Trinajstić information content (AvgIpc) is 3.57. The van der Waals surface area contributed by atoms with Gasteiger partial charge in [-0.25, -0.2) is 17.2 Å². The van der Waals surface area contributed by atoms with Crippen LogP contribution >= 0.6 is 0 Å². The second kappa shape index (κ2) is 8.49. The molecular formula is C24H23F2N5O3S. The molecule has 1 aliphatic rings. The normalized spacial score (nSPS) is 13.8. The van der Waals surface area contributed by atoms with Gasteiger partial charge in [-0.15, -0.1) is 0 Å². The lowest BCUT2D eigenvalue weighted by Crippen LogP contribution is -2.16. The molecule has 0 bridgehead atoms. The minimum absolute atomic E-state index is 0.0408. The maximum absolute atomic E-state index is 14.4. The highest BCUT2D eigenvalue weighted by atomic mass is 32.2. The summed E-state index contributed by atoms with van der Waals surface area (Å²) >= 11 is 0. The number of rotatable bonds is 7. The molecule has 8 nitrogen and oxygen atoms in total. The van der Waals surface area contributed by atoms with E-state index in [1.807, 2.05) is 0 Å². The molecular weight excluding hydrogens is 476 g/mol. The SMILES string of the molecule is CCS(=O)(=O)Nc1ccc(Nc2ccc(F)cc2F)c(-c2cn(C)c(=O)c3cn(C4CC4)nc23)c1. The quantitative estimate of drug-likeness (QED) is 0.390. The van der Waals surface area contributed by atoms with Gasteiger partial charge in [-0.05, 0) is 50.1 Å². The van der Waals surface area contributed by atoms with Gasteiger partial charge in [-0.3, -0.25) is 14.2 Å². The van der Waals surface area contributed by atoms with Crippen molar-refractivity contribution in [2.45, 2.75) is 25.8 Å². The Morgan fingerprint density at radius 1 is 1.06 bits per heavy atom. The monoisotopic (exact) mass is 499 g/mol. The molecule has 2 aromatic carbocycles. The number of hydrogen-bond donors (Lipinski definition) is 2. The van der Waals surface area contributed by atoms with Crippen molar-refractivity contribution in [2.24, 2.45) is 7.05 Å². The van der Waals surface area contributed by atoms with E-state index in [2.05, 4.69) is 15.1 Å². The highest BCUT2D eigenvalue weighted by molar-refractivity contribution is 7.92. The van der Waals surface area contributed by atoms with Gasteiger partial charge >= 0.3 is 0 Å². The Morgan fingerprint density at radius 3 is 2.49 bits per heavy atom. The lowest BCUT2D eigenvalue weighted by Gasteiger charge is -2.16. The minimum atomic E-state index is -3.56. The minimum Gasteiger partial charge on any atom is -0.353 e. The molecule has 0 aliphatic heterocycles. The van der Waals surface area contributed by atoms with Crippen LogP contribution in [0.4, 0.5) is 25.8 Å². The van der Waals surface area contributed by atoms with Crippen molar-refractivity contribution in [3.05, 3.63) is 70.8 Å². The molecule has 4 aromatic rings. The summed E-state index contributed by atoms with van der Waals surface area (Å²) in [5.41, 5.74) is 2.07.